The molecular formula is C2H3FLiO4P. The molecule has 9 heavy (non-hydrogen) atoms. The van der Waals surface area contributed by atoms with E-state index in [0.29, 0.717) is 0 Å². The Hall–Kier alpha value is -0.103. The minimum absolute atomic E-state index is 0. The number of rotatable bonds is 0. The van der Waals surface area contributed by atoms with Gasteiger partial charge in [-0.15, -0.1) is 0 Å². The maximum atomic E-state index is 10.4. The molecule has 1 atom stereocenters. The molecule has 0 aromatic heterocycles. The second-order valence-corrected chi connectivity index (χ2v) is 0.652. The molecule has 0 aliphatic carbocycles. The number of halogens is 1. The SMILES string of the molecule is O=C([O-])C(=O)OF.P.[Li+]. The van der Waals surface area contributed by atoms with Crippen LogP contribution in [0.2, 0.25) is 0 Å². The number of hydrogen-bond donors (Lipinski definition) is 0. The second kappa shape index (κ2) is 7.90. The van der Waals surface area contributed by atoms with Gasteiger partial charge in [0, 0.05) is 4.53 Å². The standard InChI is InChI=1S/C2HFO4.Li.H3P/c3-7-2(6)1(4)5;;/h(H,4,5);;1H3/q;+1;/p-1. The van der Waals surface area contributed by atoms with E-state index in [-0.39, 0.29) is 28.8 Å². The van der Waals surface area contributed by atoms with Crippen LogP contribution in [0.25, 0.3) is 0 Å². The van der Waals surface area contributed by atoms with Gasteiger partial charge in [0.15, 0.2) is 5.97 Å². The first-order chi connectivity index (χ1) is 3.18. The summed E-state index contributed by atoms with van der Waals surface area (Å²) >= 11 is 0. The van der Waals surface area contributed by atoms with Crippen molar-refractivity contribution in [2.24, 2.45) is 0 Å². The molecular weight excluding hydrogens is 145 g/mol. The van der Waals surface area contributed by atoms with Gasteiger partial charge < -0.3 is 9.90 Å². The monoisotopic (exact) mass is 148 g/mol. The van der Waals surface area contributed by atoms with Crippen molar-refractivity contribution < 1.29 is 43.0 Å². The van der Waals surface area contributed by atoms with E-state index in [1.807, 2.05) is 0 Å². The number of carbonyl (C=O) groups is 2. The van der Waals surface area contributed by atoms with Crippen LogP contribution in [0, 0.1) is 0 Å². The summed E-state index contributed by atoms with van der Waals surface area (Å²) in [6, 6.07) is 0. The topological polar surface area (TPSA) is 66.4 Å². The van der Waals surface area contributed by atoms with E-state index >= 15 is 0 Å². The van der Waals surface area contributed by atoms with Crippen molar-refractivity contribution in [3.8, 4) is 0 Å². The Kier molecular flexibility index (Phi) is 14.0. The van der Waals surface area contributed by atoms with Gasteiger partial charge in [0.1, 0.15) is 0 Å². The number of aliphatic carboxylic acids is 1. The third-order valence-electron chi connectivity index (χ3n) is 0.237. The molecule has 0 saturated heterocycles. The molecule has 0 saturated carbocycles. The fourth-order valence-corrected chi connectivity index (χ4v) is 0.0315. The first-order valence-electron chi connectivity index (χ1n) is 1.22. The summed E-state index contributed by atoms with van der Waals surface area (Å²) in [7, 11) is 0. The van der Waals surface area contributed by atoms with Gasteiger partial charge in [-0.3, -0.25) is 0 Å². The molecule has 0 aliphatic rings. The third kappa shape index (κ3) is 7.90. The molecule has 0 bridgehead atoms. The van der Waals surface area contributed by atoms with Gasteiger partial charge in [0.25, 0.3) is 0 Å². The average Bonchev–Trinajstić information content (AvgIpc) is 1.65. The second-order valence-electron chi connectivity index (χ2n) is 0.652. The van der Waals surface area contributed by atoms with Gasteiger partial charge >= 0.3 is 24.8 Å². The zero-order valence-corrected chi connectivity index (χ0v) is 6.13. The largest absolute Gasteiger partial charge is 1.00 e. The van der Waals surface area contributed by atoms with E-state index in [1.54, 1.807) is 0 Å². The Morgan fingerprint density at radius 1 is 1.44 bits per heavy atom. The summed E-state index contributed by atoms with van der Waals surface area (Å²) in [6.07, 6.45) is 0. The third-order valence-corrected chi connectivity index (χ3v) is 0.237. The van der Waals surface area contributed by atoms with E-state index in [9.17, 15) is 9.32 Å². The Labute approximate surface area is 65.4 Å². The molecule has 1 unspecified atom stereocenters. The summed E-state index contributed by atoms with van der Waals surface area (Å²) in [5.74, 6) is -4.21. The Morgan fingerprint density at radius 2 is 1.78 bits per heavy atom. The van der Waals surface area contributed by atoms with E-state index in [4.69, 9.17) is 9.90 Å². The number of carboxylic acid groups (broad SMARTS) is 1. The van der Waals surface area contributed by atoms with Crippen LogP contribution in [-0.2, 0) is 14.5 Å². The van der Waals surface area contributed by atoms with Crippen LogP contribution < -0.4 is 24.0 Å². The van der Waals surface area contributed by atoms with Crippen LogP contribution in [0.3, 0.4) is 0 Å². The molecule has 0 aromatic rings. The molecule has 4 nitrogen and oxygen atoms in total. The van der Waals surface area contributed by atoms with Crippen LogP contribution in [0.4, 0.5) is 4.53 Å². The van der Waals surface area contributed by atoms with Gasteiger partial charge in [-0.05, 0) is 0 Å². The molecule has 0 amide bonds. The van der Waals surface area contributed by atoms with Gasteiger partial charge in [0.2, 0.25) is 0 Å². The maximum absolute atomic E-state index is 10.4. The number of carboxylic acids is 1. The van der Waals surface area contributed by atoms with Crippen molar-refractivity contribution in [1.82, 2.24) is 0 Å². The van der Waals surface area contributed by atoms with Crippen molar-refractivity contribution >= 4 is 21.8 Å². The molecule has 0 rings (SSSR count). The van der Waals surface area contributed by atoms with Gasteiger partial charge in [-0.1, -0.05) is 0 Å². The van der Waals surface area contributed by atoms with Crippen LogP contribution in [0.1, 0.15) is 0 Å². The molecule has 0 heterocycles. The number of carbonyl (C=O) groups excluding carboxylic acids is 2. The van der Waals surface area contributed by atoms with E-state index in [1.165, 1.54) is 0 Å². The predicted octanol–water partition coefficient (Wildman–Crippen LogP) is -4.77. The van der Waals surface area contributed by atoms with Crippen molar-refractivity contribution in [3.05, 3.63) is 0 Å². The minimum Gasteiger partial charge on any atom is -0.539 e. The first-order valence-corrected chi connectivity index (χ1v) is 1.22. The molecule has 0 N–H and O–H groups in total. The maximum Gasteiger partial charge on any atom is 1.00 e. The van der Waals surface area contributed by atoms with Gasteiger partial charge in [-0.2, -0.15) is 9.90 Å². The van der Waals surface area contributed by atoms with Crippen LogP contribution in [-0.4, -0.2) is 11.9 Å². The zero-order valence-electron chi connectivity index (χ0n) is 4.72. The van der Waals surface area contributed by atoms with Crippen LogP contribution in [0.5, 0.6) is 0 Å². The summed E-state index contributed by atoms with van der Waals surface area (Å²) in [6.45, 7) is 0. The van der Waals surface area contributed by atoms with Crippen molar-refractivity contribution in [3.63, 3.8) is 0 Å². The van der Waals surface area contributed by atoms with Crippen LogP contribution in [0.15, 0.2) is 0 Å². The Bertz CT molecular complexity index is 107. The normalized spacial score (nSPS) is 5.89. The van der Waals surface area contributed by atoms with Gasteiger partial charge in [0.05, 0.1) is 0 Å². The minimum atomic E-state index is -2.19. The summed E-state index contributed by atoms with van der Waals surface area (Å²) < 4.78 is 10.4. The molecule has 0 aliphatic heterocycles. The summed E-state index contributed by atoms with van der Waals surface area (Å²) in [5.41, 5.74) is 0. The predicted molar refractivity (Wildman–Crippen MR) is 23.3 cm³/mol. The fraction of sp³-hybridized carbons (Fsp3) is 0. The summed E-state index contributed by atoms with van der Waals surface area (Å²) in [4.78, 5) is 20.6. The van der Waals surface area contributed by atoms with Crippen molar-refractivity contribution in [1.29, 1.82) is 0 Å². The van der Waals surface area contributed by atoms with E-state index < -0.39 is 11.9 Å². The van der Waals surface area contributed by atoms with E-state index in [2.05, 4.69) is 4.94 Å². The van der Waals surface area contributed by atoms with E-state index in [0.717, 1.165) is 0 Å². The molecule has 0 aromatic carbocycles. The van der Waals surface area contributed by atoms with Crippen molar-refractivity contribution in [2.45, 2.75) is 0 Å². The zero-order chi connectivity index (χ0) is 5.86. The average molecular weight is 148 g/mol. The molecule has 0 fully saturated rings. The molecule has 7 heteroatoms. The van der Waals surface area contributed by atoms with Crippen molar-refractivity contribution in [2.75, 3.05) is 0 Å². The quantitative estimate of drug-likeness (QED) is 0.196. The van der Waals surface area contributed by atoms with Gasteiger partial charge in [-0.25, -0.2) is 9.74 Å². The fourth-order valence-electron chi connectivity index (χ4n) is 0.0315. The first kappa shape index (κ1) is 16.0. The number of hydrogen-bond acceptors (Lipinski definition) is 4. The molecule has 0 spiro atoms. The Morgan fingerprint density at radius 3 is 1.78 bits per heavy atom. The molecule has 48 valence electrons. The smallest absolute Gasteiger partial charge is 0.539 e. The Balaban J connectivity index is -0.000000180. The van der Waals surface area contributed by atoms with Crippen LogP contribution >= 0.6 is 9.90 Å². The molecule has 0 radical (unpaired) electrons. The summed E-state index contributed by atoms with van der Waals surface area (Å²) in [5, 5.41) is 9.10.